The Morgan fingerprint density at radius 1 is 1.02 bits per heavy atom. The average molecular weight is 583 g/mol. The van der Waals surface area contributed by atoms with Gasteiger partial charge in [0.25, 0.3) is 0 Å². The lowest BCUT2D eigenvalue weighted by Crippen LogP contribution is -2.16. The Kier molecular flexibility index (Phi) is 7.62. The zero-order valence-corrected chi connectivity index (χ0v) is 25.6. The predicted octanol–water partition coefficient (Wildman–Crippen LogP) is 8.90. The molecule has 0 saturated heterocycles. The smallest absolute Gasteiger partial charge is 0.173 e. The number of nitrogens with zero attached hydrogens (tertiary/aromatic N) is 3. The van der Waals surface area contributed by atoms with Crippen molar-refractivity contribution >= 4 is 40.1 Å². The van der Waals surface area contributed by atoms with Gasteiger partial charge < -0.3 is 10.1 Å². The second-order valence-corrected chi connectivity index (χ2v) is 12.1. The lowest BCUT2D eigenvalue weighted by molar-refractivity contribution is 0.288. The fourth-order valence-electron chi connectivity index (χ4n) is 5.85. The van der Waals surface area contributed by atoms with Crippen LogP contribution in [0.1, 0.15) is 66.4 Å². The number of hydrogen-bond acceptors (Lipinski definition) is 3. The minimum Gasteiger partial charge on any atom is -0.485 e. The van der Waals surface area contributed by atoms with Crippen molar-refractivity contribution in [3.63, 3.8) is 0 Å². The molecule has 0 spiro atoms. The maximum absolute atomic E-state index is 6.54. The fraction of sp³-hybridized carbons (Fsp3) is 0.294. The number of nitrogens with one attached hydrogen (secondary N) is 1. The summed E-state index contributed by atoms with van der Waals surface area (Å²) in [5, 5.41) is 9.36. The first-order valence-corrected chi connectivity index (χ1v) is 15.1. The van der Waals surface area contributed by atoms with Gasteiger partial charge in [-0.3, -0.25) is 4.40 Å². The van der Waals surface area contributed by atoms with Crippen LogP contribution in [0.4, 0.5) is 5.69 Å². The number of benzene rings is 3. The first-order chi connectivity index (χ1) is 19.8. The Balaban J connectivity index is 1.53. The standard InChI is InChI=1S/C34H35ClN4OS/c1-21(2)27-16-11-23(4)19-29(27)40-20-30-37-38-17-6-5-10-28-31(24-12-14-25(35)15-13-24)32(39(30)34(28)38)33(41)36-26-9-7-8-22(3)18-26/h7-9,11-16,18-19,21H,5-6,10,17,20H2,1-4H3,(H,36,41). The summed E-state index contributed by atoms with van der Waals surface area (Å²) in [4.78, 5) is 0.654. The summed E-state index contributed by atoms with van der Waals surface area (Å²) in [7, 11) is 0. The van der Waals surface area contributed by atoms with Crippen LogP contribution >= 0.6 is 23.8 Å². The molecule has 0 amide bonds. The highest BCUT2D eigenvalue weighted by molar-refractivity contribution is 7.81. The van der Waals surface area contributed by atoms with E-state index in [0.29, 0.717) is 22.5 Å². The van der Waals surface area contributed by atoms with Gasteiger partial charge in [0.1, 0.15) is 23.0 Å². The van der Waals surface area contributed by atoms with Gasteiger partial charge in [-0.2, -0.15) is 5.10 Å². The highest BCUT2D eigenvalue weighted by Gasteiger charge is 2.29. The average Bonchev–Trinajstić information content (AvgIpc) is 3.37. The number of anilines is 1. The summed E-state index contributed by atoms with van der Waals surface area (Å²) in [5.41, 5.74) is 10.0. The lowest BCUT2D eigenvalue weighted by atomic mass is 9.98. The summed E-state index contributed by atoms with van der Waals surface area (Å²) in [6.45, 7) is 9.77. The Morgan fingerprint density at radius 3 is 2.56 bits per heavy atom. The molecule has 41 heavy (non-hydrogen) atoms. The van der Waals surface area contributed by atoms with Crippen LogP contribution in [0.15, 0.2) is 66.7 Å². The predicted molar refractivity (Wildman–Crippen MR) is 173 cm³/mol. The number of aryl methyl sites for hydroxylation is 4. The molecule has 7 heteroatoms. The molecule has 0 unspecified atom stereocenters. The molecule has 0 aliphatic carbocycles. The van der Waals surface area contributed by atoms with Crippen LogP contribution in [0, 0.1) is 13.8 Å². The van der Waals surface area contributed by atoms with Crippen molar-refractivity contribution in [2.45, 2.75) is 66.0 Å². The number of thiocarbonyl (C=S) groups is 1. The fourth-order valence-corrected chi connectivity index (χ4v) is 6.29. The topological polar surface area (TPSA) is 43.5 Å². The van der Waals surface area contributed by atoms with Crippen LogP contribution in [0.2, 0.25) is 5.02 Å². The second kappa shape index (κ2) is 11.3. The van der Waals surface area contributed by atoms with E-state index in [-0.39, 0.29) is 0 Å². The summed E-state index contributed by atoms with van der Waals surface area (Å²) in [5.74, 6) is 2.09. The van der Waals surface area contributed by atoms with E-state index >= 15 is 0 Å². The highest BCUT2D eigenvalue weighted by Crippen LogP contribution is 2.38. The van der Waals surface area contributed by atoms with E-state index < -0.39 is 0 Å². The molecule has 0 fully saturated rings. The quantitative estimate of drug-likeness (QED) is 0.195. The number of ether oxygens (including phenoxy) is 1. The van der Waals surface area contributed by atoms with E-state index in [0.717, 1.165) is 65.5 Å². The van der Waals surface area contributed by atoms with Gasteiger partial charge in [0.2, 0.25) is 0 Å². The molecule has 210 valence electrons. The normalized spacial score (nSPS) is 13.0. The van der Waals surface area contributed by atoms with Crippen molar-refractivity contribution in [1.29, 1.82) is 0 Å². The van der Waals surface area contributed by atoms with Gasteiger partial charge in [0.15, 0.2) is 5.82 Å². The van der Waals surface area contributed by atoms with Crippen molar-refractivity contribution in [1.82, 2.24) is 14.2 Å². The van der Waals surface area contributed by atoms with E-state index in [9.17, 15) is 0 Å². The van der Waals surface area contributed by atoms with Gasteiger partial charge in [0.05, 0.1) is 5.69 Å². The summed E-state index contributed by atoms with van der Waals surface area (Å²) < 4.78 is 10.9. The molecular formula is C34H35ClN4OS. The number of aromatic nitrogens is 3. The van der Waals surface area contributed by atoms with Crippen molar-refractivity contribution < 1.29 is 4.74 Å². The van der Waals surface area contributed by atoms with Crippen LogP contribution in [-0.4, -0.2) is 19.2 Å². The number of rotatable bonds is 7. The third kappa shape index (κ3) is 5.39. The van der Waals surface area contributed by atoms with E-state index in [1.54, 1.807) is 0 Å². The maximum atomic E-state index is 6.54. The molecule has 3 aromatic carbocycles. The van der Waals surface area contributed by atoms with Gasteiger partial charge in [-0.15, -0.1) is 0 Å². The lowest BCUT2D eigenvalue weighted by Gasteiger charge is -2.15. The molecule has 0 bridgehead atoms. The maximum Gasteiger partial charge on any atom is 0.173 e. The summed E-state index contributed by atoms with van der Waals surface area (Å²) in [6, 6.07) is 22.8. The van der Waals surface area contributed by atoms with E-state index in [1.807, 2.05) is 18.2 Å². The second-order valence-electron chi connectivity index (χ2n) is 11.3. The Morgan fingerprint density at radius 2 is 1.80 bits per heavy atom. The Hall–Kier alpha value is -3.61. The zero-order valence-electron chi connectivity index (χ0n) is 24.0. The first-order valence-electron chi connectivity index (χ1n) is 14.3. The minimum atomic E-state index is 0.334. The van der Waals surface area contributed by atoms with E-state index in [4.69, 9.17) is 33.7 Å². The molecule has 1 aliphatic heterocycles. The molecule has 0 atom stereocenters. The van der Waals surface area contributed by atoms with Crippen LogP contribution in [0.5, 0.6) is 5.75 Å². The molecular weight excluding hydrogens is 548 g/mol. The van der Waals surface area contributed by atoms with Crippen LogP contribution in [-0.2, 0) is 19.6 Å². The molecule has 2 aromatic heterocycles. The summed E-state index contributed by atoms with van der Waals surface area (Å²) in [6.07, 6.45) is 3.12. The third-order valence-corrected chi connectivity index (χ3v) is 8.35. The monoisotopic (exact) mass is 582 g/mol. The molecule has 1 N–H and O–H groups in total. The van der Waals surface area contributed by atoms with Gasteiger partial charge in [0, 0.05) is 28.4 Å². The van der Waals surface area contributed by atoms with Gasteiger partial charge >= 0.3 is 0 Å². The highest BCUT2D eigenvalue weighted by atomic mass is 35.5. The van der Waals surface area contributed by atoms with Crippen LogP contribution < -0.4 is 10.1 Å². The van der Waals surface area contributed by atoms with E-state index in [2.05, 4.69) is 90.6 Å². The Bertz CT molecular complexity index is 1750. The minimum absolute atomic E-state index is 0.334. The SMILES string of the molecule is Cc1cccc(NC(=S)c2c(-c3ccc(Cl)cc3)c3c4n(nc(COc5cc(C)ccc5C(C)C)n24)CCCC3)c1. The number of hydrogen-bond donors (Lipinski definition) is 1. The molecule has 1 aliphatic rings. The van der Waals surface area contributed by atoms with Crippen LogP contribution in [0.3, 0.4) is 0 Å². The molecule has 6 rings (SSSR count). The number of halogens is 1. The van der Waals surface area contributed by atoms with Gasteiger partial charge in [-0.25, -0.2) is 4.68 Å². The van der Waals surface area contributed by atoms with Crippen molar-refractivity contribution in [2.75, 3.05) is 5.32 Å². The Labute approximate surface area is 252 Å². The largest absolute Gasteiger partial charge is 0.485 e. The molecule has 0 saturated carbocycles. The van der Waals surface area contributed by atoms with Gasteiger partial charge in [-0.1, -0.05) is 74.1 Å². The van der Waals surface area contributed by atoms with Crippen molar-refractivity contribution in [3.05, 3.63) is 106 Å². The summed E-state index contributed by atoms with van der Waals surface area (Å²) >= 11 is 12.5. The van der Waals surface area contributed by atoms with Crippen molar-refractivity contribution in [3.8, 4) is 16.9 Å². The zero-order chi connectivity index (χ0) is 28.7. The van der Waals surface area contributed by atoms with E-state index in [1.165, 1.54) is 22.3 Å². The van der Waals surface area contributed by atoms with Gasteiger partial charge in [-0.05, 0) is 91.6 Å². The third-order valence-electron chi connectivity index (χ3n) is 7.80. The van der Waals surface area contributed by atoms with Crippen LogP contribution in [0.25, 0.3) is 16.8 Å². The molecule has 5 nitrogen and oxygen atoms in total. The molecule has 5 aromatic rings. The molecule has 0 radical (unpaired) electrons. The first kappa shape index (κ1) is 27.6. The molecule has 3 heterocycles. The van der Waals surface area contributed by atoms with Crippen molar-refractivity contribution in [2.24, 2.45) is 0 Å².